The number of carbonyl (C=O) groups is 2. The van der Waals surface area contributed by atoms with Gasteiger partial charge in [0.05, 0.1) is 0 Å². The summed E-state index contributed by atoms with van der Waals surface area (Å²) in [7, 11) is 0. The van der Waals surface area contributed by atoms with Crippen molar-refractivity contribution in [2.45, 2.75) is 38.4 Å². The summed E-state index contributed by atoms with van der Waals surface area (Å²) in [5.41, 5.74) is -0.938. The first kappa shape index (κ1) is 9.80. The first-order valence-electron chi connectivity index (χ1n) is 4.90. The molecule has 0 aromatic heterocycles. The molecular formula is C10H14O4. The number of carbonyl (C=O) groups excluding carboxylic acids is 2. The molecule has 1 heterocycles. The van der Waals surface area contributed by atoms with E-state index in [4.69, 9.17) is 9.78 Å². The van der Waals surface area contributed by atoms with Crippen LogP contribution in [0.4, 0.5) is 0 Å². The summed E-state index contributed by atoms with van der Waals surface area (Å²) in [6.45, 7) is 3.51. The van der Waals surface area contributed by atoms with Crippen molar-refractivity contribution in [1.82, 2.24) is 0 Å². The molecule has 0 radical (unpaired) electrons. The van der Waals surface area contributed by atoms with Crippen LogP contribution in [0, 0.1) is 11.8 Å². The van der Waals surface area contributed by atoms with Crippen molar-refractivity contribution in [1.29, 1.82) is 0 Å². The van der Waals surface area contributed by atoms with Crippen molar-refractivity contribution in [3.05, 3.63) is 0 Å². The first-order chi connectivity index (χ1) is 6.57. The van der Waals surface area contributed by atoms with E-state index in [0.29, 0.717) is 6.42 Å². The van der Waals surface area contributed by atoms with Gasteiger partial charge in [-0.25, -0.2) is 9.78 Å². The van der Waals surface area contributed by atoms with Gasteiger partial charge in [0.1, 0.15) is 11.9 Å². The highest BCUT2D eigenvalue weighted by atomic mass is 17.2. The lowest BCUT2D eigenvalue weighted by Crippen LogP contribution is -2.53. The van der Waals surface area contributed by atoms with Gasteiger partial charge in [0, 0.05) is 18.3 Å². The Morgan fingerprint density at radius 2 is 2.29 bits per heavy atom. The molecule has 2 bridgehead atoms. The van der Waals surface area contributed by atoms with E-state index in [1.165, 1.54) is 0 Å². The van der Waals surface area contributed by atoms with Crippen molar-refractivity contribution < 1.29 is 19.4 Å². The fraction of sp³-hybridized carbons (Fsp3) is 0.800. The largest absolute Gasteiger partial charge is 0.300 e. The molecular weight excluding hydrogens is 184 g/mol. The zero-order valence-corrected chi connectivity index (χ0v) is 8.36. The van der Waals surface area contributed by atoms with Gasteiger partial charge in [-0.3, -0.25) is 9.59 Å². The number of hydrogen-bond donors (Lipinski definition) is 0. The molecule has 0 N–H and O–H groups in total. The Hall–Kier alpha value is -0.740. The Balaban J connectivity index is 2.22. The van der Waals surface area contributed by atoms with E-state index in [1.54, 1.807) is 6.92 Å². The zero-order valence-electron chi connectivity index (χ0n) is 8.36. The van der Waals surface area contributed by atoms with Crippen LogP contribution < -0.4 is 0 Å². The third kappa shape index (κ3) is 1.29. The molecule has 4 heteroatoms. The van der Waals surface area contributed by atoms with Crippen LogP contribution in [-0.4, -0.2) is 23.8 Å². The lowest BCUT2D eigenvalue weighted by molar-refractivity contribution is -0.413. The molecule has 0 aromatic rings. The normalized spacial score (nSPS) is 47.6. The summed E-state index contributed by atoms with van der Waals surface area (Å²) in [6, 6.07) is 0. The number of ketones is 1. The number of rotatable bonds is 1. The summed E-state index contributed by atoms with van der Waals surface area (Å²) >= 11 is 0. The third-order valence-electron chi connectivity index (χ3n) is 3.43. The van der Waals surface area contributed by atoms with Crippen molar-refractivity contribution >= 4 is 12.1 Å². The molecule has 0 spiro atoms. The molecule has 78 valence electrons. The number of Topliss-reactive ketones (excluding diaryl/α,β-unsaturated/α-hetero) is 1. The van der Waals surface area contributed by atoms with Crippen LogP contribution in [-0.2, 0) is 19.4 Å². The van der Waals surface area contributed by atoms with E-state index < -0.39 is 5.60 Å². The lowest BCUT2D eigenvalue weighted by atomic mass is 9.72. The Bertz CT molecular complexity index is 275. The van der Waals surface area contributed by atoms with Crippen LogP contribution in [0.2, 0.25) is 0 Å². The minimum absolute atomic E-state index is 0.0255. The third-order valence-corrected chi connectivity index (χ3v) is 3.43. The van der Waals surface area contributed by atoms with Crippen LogP contribution in [0.3, 0.4) is 0 Å². The molecule has 0 unspecified atom stereocenters. The molecule has 1 saturated heterocycles. The highest BCUT2D eigenvalue weighted by Gasteiger charge is 2.49. The Kier molecular flexibility index (Phi) is 2.20. The van der Waals surface area contributed by atoms with Gasteiger partial charge in [-0.15, -0.1) is 0 Å². The highest BCUT2D eigenvalue weighted by Crippen LogP contribution is 2.40. The van der Waals surface area contributed by atoms with Crippen LogP contribution in [0.15, 0.2) is 0 Å². The Labute approximate surface area is 82.5 Å². The van der Waals surface area contributed by atoms with Crippen molar-refractivity contribution in [2.24, 2.45) is 11.8 Å². The van der Waals surface area contributed by atoms with Gasteiger partial charge in [-0.05, 0) is 13.3 Å². The summed E-state index contributed by atoms with van der Waals surface area (Å²) in [5, 5.41) is 0. The van der Waals surface area contributed by atoms with Crippen LogP contribution in [0.1, 0.15) is 26.7 Å². The fourth-order valence-corrected chi connectivity index (χ4v) is 2.11. The molecule has 2 fully saturated rings. The van der Waals surface area contributed by atoms with Gasteiger partial charge >= 0.3 is 0 Å². The van der Waals surface area contributed by atoms with Gasteiger partial charge in [0.15, 0.2) is 11.9 Å². The van der Waals surface area contributed by atoms with Crippen LogP contribution >= 0.6 is 0 Å². The number of hydrogen-bond acceptors (Lipinski definition) is 4. The van der Waals surface area contributed by atoms with E-state index in [0.717, 1.165) is 12.7 Å². The highest BCUT2D eigenvalue weighted by molar-refractivity contribution is 5.83. The maximum Gasteiger partial charge on any atom is 0.159 e. The standard InChI is InChI=1S/C10H14O4/c1-6-8(12)3-7-4-9(6)13-14-10(7,2)5-11/h5-7,9H,3-4H2,1-2H3/t6-,7+,9+,10-/m0/s1. The monoisotopic (exact) mass is 198 g/mol. The lowest BCUT2D eigenvalue weighted by Gasteiger charge is -2.44. The topological polar surface area (TPSA) is 52.6 Å². The maximum atomic E-state index is 11.6. The molecule has 4 atom stereocenters. The molecule has 1 aliphatic carbocycles. The minimum Gasteiger partial charge on any atom is -0.300 e. The summed E-state index contributed by atoms with van der Waals surface area (Å²) < 4.78 is 0. The van der Waals surface area contributed by atoms with Crippen molar-refractivity contribution in [2.75, 3.05) is 0 Å². The molecule has 1 aliphatic heterocycles. The van der Waals surface area contributed by atoms with Crippen molar-refractivity contribution in [3.8, 4) is 0 Å². The average molecular weight is 198 g/mol. The van der Waals surface area contributed by atoms with E-state index in [1.807, 2.05) is 6.92 Å². The maximum absolute atomic E-state index is 11.6. The zero-order chi connectivity index (χ0) is 10.3. The predicted molar refractivity (Wildman–Crippen MR) is 47.3 cm³/mol. The van der Waals surface area contributed by atoms with E-state index in [-0.39, 0.29) is 23.7 Å². The molecule has 2 rings (SSSR count). The summed E-state index contributed by atoms with van der Waals surface area (Å²) in [5.74, 6) is 0.0347. The second kappa shape index (κ2) is 3.14. The van der Waals surface area contributed by atoms with Gasteiger partial charge in [0.2, 0.25) is 0 Å². The predicted octanol–water partition coefficient (Wildman–Crippen LogP) is 0.890. The van der Waals surface area contributed by atoms with Crippen molar-refractivity contribution in [3.63, 3.8) is 0 Å². The number of aldehydes is 1. The van der Waals surface area contributed by atoms with Gasteiger partial charge < -0.3 is 0 Å². The second-order valence-corrected chi connectivity index (χ2v) is 4.41. The van der Waals surface area contributed by atoms with Crippen LogP contribution in [0.5, 0.6) is 0 Å². The molecule has 0 aromatic carbocycles. The average Bonchev–Trinajstić information content (AvgIpc) is 2.19. The van der Waals surface area contributed by atoms with E-state index in [2.05, 4.69) is 0 Å². The van der Waals surface area contributed by atoms with Gasteiger partial charge in [0.25, 0.3) is 0 Å². The Morgan fingerprint density at radius 1 is 1.57 bits per heavy atom. The smallest absolute Gasteiger partial charge is 0.159 e. The van der Waals surface area contributed by atoms with E-state index >= 15 is 0 Å². The summed E-state index contributed by atoms with van der Waals surface area (Å²) in [4.78, 5) is 32.6. The molecule has 0 amide bonds. The second-order valence-electron chi connectivity index (χ2n) is 4.41. The summed E-state index contributed by atoms with van der Waals surface area (Å²) in [6.07, 6.45) is 1.73. The fourth-order valence-electron chi connectivity index (χ4n) is 2.11. The van der Waals surface area contributed by atoms with Crippen LogP contribution in [0.25, 0.3) is 0 Å². The van der Waals surface area contributed by atoms with E-state index in [9.17, 15) is 9.59 Å². The number of fused-ring (bicyclic) bond motifs is 2. The van der Waals surface area contributed by atoms with Gasteiger partial charge in [-0.1, -0.05) is 6.92 Å². The van der Waals surface area contributed by atoms with Gasteiger partial charge in [-0.2, -0.15) is 0 Å². The first-order valence-corrected chi connectivity index (χ1v) is 4.90. The quantitative estimate of drug-likeness (QED) is 0.464. The minimum atomic E-state index is -0.938. The SMILES string of the molecule is C[C@H]1C(=O)C[C@@H]2C[C@H]1OO[C@@]2(C)C=O. The molecule has 4 nitrogen and oxygen atoms in total. The Morgan fingerprint density at radius 3 is 2.93 bits per heavy atom. The molecule has 2 aliphatic rings. The molecule has 14 heavy (non-hydrogen) atoms. The molecule has 1 saturated carbocycles.